The molecule has 88 valence electrons. The maximum Gasteiger partial charge on any atom is -0.0233 e. The highest BCUT2D eigenvalue weighted by molar-refractivity contribution is 5.42. The van der Waals surface area contributed by atoms with E-state index in [0.29, 0.717) is 0 Å². The largest absolute Gasteiger partial charge is 0.0955 e. The van der Waals surface area contributed by atoms with Crippen molar-refractivity contribution >= 4 is 0 Å². The molecule has 0 aromatic carbocycles. The summed E-state index contributed by atoms with van der Waals surface area (Å²) in [7, 11) is 0. The Bertz CT molecular complexity index is 435. The Morgan fingerprint density at radius 1 is 0.941 bits per heavy atom. The molecule has 0 saturated heterocycles. The summed E-state index contributed by atoms with van der Waals surface area (Å²) in [5, 5.41) is 0. The minimum atomic E-state index is 1.03. The molecule has 0 N–H and O–H groups in total. The van der Waals surface area contributed by atoms with Crippen molar-refractivity contribution < 1.29 is 0 Å². The van der Waals surface area contributed by atoms with E-state index in [-0.39, 0.29) is 0 Å². The maximum absolute atomic E-state index is 3.99. The molecular formula is C17H20. The molecule has 0 atom stereocenters. The molecule has 0 aromatic rings. The van der Waals surface area contributed by atoms with Crippen LogP contribution in [0.4, 0.5) is 0 Å². The third-order valence-electron chi connectivity index (χ3n) is 2.52. The van der Waals surface area contributed by atoms with Gasteiger partial charge in [0.15, 0.2) is 0 Å². The molecule has 0 aromatic heterocycles. The standard InChI is InChI=1S/C17H20/c1-4-16-11-9-7-5-6-8-10-12-17(14-13-16)15(2)3/h5-14H,2,4H2,1,3H3. The lowest BCUT2D eigenvalue weighted by Crippen LogP contribution is -1.80. The summed E-state index contributed by atoms with van der Waals surface area (Å²) < 4.78 is 0. The van der Waals surface area contributed by atoms with E-state index < -0.39 is 0 Å². The Balaban J connectivity index is 3.09. The van der Waals surface area contributed by atoms with E-state index in [4.69, 9.17) is 0 Å². The number of hydrogen-bond acceptors (Lipinski definition) is 0. The summed E-state index contributed by atoms with van der Waals surface area (Å²) in [5.41, 5.74) is 3.56. The second-order valence-corrected chi connectivity index (χ2v) is 3.99. The van der Waals surface area contributed by atoms with Crippen molar-refractivity contribution in [3.05, 3.63) is 84.1 Å². The Kier molecular flexibility index (Phi) is 5.81. The van der Waals surface area contributed by atoms with Crippen LogP contribution in [0.1, 0.15) is 20.3 Å². The first-order valence-corrected chi connectivity index (χ1v) is 5.99. The summed E-state index contributed by atoms with van der Waals surface area (Å²) in [4.78, 5) is 0. The molecule has 0 heteroatoms. The highest BCUT2D eigenvalue weighted by Gasteiger charge is 1.92. The van der Waals surface area contributed by atoms with Crippen molar-refractivity contribution in [1.82, 2.24) is 0 Å². The monoisotopic (exact) mass is 224 g/mol. The van der Waals surface area contributed by atoms with E-state index in [1.54, 1.807) is 0 Å². The van der Waals surface area contributed by atoms with Gasteiger partial charge in [0, 0.05) is 0 Å². The van der Waals surface area contributed by atoms with Gasteiger partial charge in [-0.3, -0.25) is 0 Å². The lowest BCUT2D eigenvalue weighted by Gasteiger charge is -2.00. The van der Waals surface area contributed by atoms with Crippen LogP contribution < -0.4 is 0 Å². The van der Waals surface area contributed by atoms with Crippen molar-refractivity contribution in [1.29, 1.82) is 0 Å². The van der Waals surface area contributed by atoms with Crippen LogP contribution in [0.5, 0.6) is 0 Å². The van der Waals surface area contributed by atoms with Crippen molar-refractivity contribution in [3.63, 3.8) is 0 Å². The zero-order valence-electron chi connectivity index (χ0n) is 10.7. The minimum absolute atomic E-state index is 1.03. The fraction of sp³-hybridized carbons (Fsp3) is 0.176. The van der Waals surface area contributed by atoms with Crippen LogP contribution in [0.15, 0.2) is 84.1 Å². The molecule has 0 radical (unpaired) electrons. The Hall–Kier alpha value is -1.82. The smallest absolute Gasteiger partial charge is 0.0233 e. The summed E-state index contributed by atoms with van der Waals surface area (Å²) in [6.07, 6.45) is 21.8. The lowest BCUT2D eigenvalue weighted by atomic mass is 10.1. The molecule has 0 saturated carbocycles. The molecule has 0 amide bonds. The highest BCUT2D eigenvalue weighted by atomic mass is 14.0. The van der Waals surface area contributed by atoms with Crippen LogP contribution in [-0.2, 0) is 0 Å². The van der Waals surface area contributed by atoms with Gasteiger partial charge >= 0.3 is 0 Å². The zero-order valence-corrected chi connectivity index (χ0v) is 10.7. The zero-order chi connectivity index (χ0) is 12.5. The molecular weight excluding hydrogens is 204 g/mol. The van der Waals surface area contributed by atoms with E-state index in [1.165, 1.54) is 11.1 Å². The molecule has 0 unspecified atom stereocenters. The second-order valence-electron chi connectivity index (χ2n) is 3.99. The molecule has 1 aliphatic rings. The summed E-state index contributed by atoms with van der Waals surface area (Å²) in [6.45, 7) is 8.18. The average Bonchev–Trinajstić information content (AvgIpc) is 2.29. The van der Waals surface area contributed by atoms with E-state index in [1.807, 2.05) is 37.3 Å². The fourth-order valence-electron chi connectivity index (χ4n) is 1.42. The lowest BCUT2D eigenvalue weighted by molar-refractivity contribution is 1.15. The maximum atomic E-state index is 3.99. The quantitative estimate of drug-likeness (QED) is 0.614. The molecule has 0 heterocycles. The summed E-state index contributed by atoms with van der Waals surface area (Å²) in [6, 6.07) is 0. The van der Waals surface area contributed by atoms with Gasteiger partial charge in [0.2, 0.25) is 0 Å². The average molecular weight is 224 g/mol. The topological polar surface area (TPSA) is 0 Å². The van der Waals surface area contributed by atoms with Gasteiger partial charge in [-0.15, -0.1) is 0 Å². The van der Waals surface area contributed by atoms with Crippen LogP contribution in [0, 0.1) is 0 Å². The number of allylic oxidation sites excluding steroid dienone is 13. The van der Waals surface area contributed by atoms with Crippen LogP contribution >= 0.6 is 0 Å². The van der Waals surface area contributed by atoms with Gasteiger partial charge in [-0.25, -0.2) is 0 Å². The van der Waals surface area contributed by atoms with Gasteiger partial charge in [0.1, 0.15) is 0 Å². The molecule has 0 fully saturated rings. The fourth-order valence-corrected chi connectivity index (χ4v) is 1.42. The highest BCUT2D eigenvalue weighted by Crippen LogP contribution is 2.12. The number of rotatable bonds is 2. The van der Waals surface area contributed by atoms with Crippen LogP contribution in [0.2, 0.25) is 0 Å². The molecule has 0 aliphatic heterocycles. The Morgan fingerprint density at radius 3 is 2.12 bits per heavy atom. The van der Waals surface area contributed by atoms with Crippen molar-refractivity contribution in [3.8, 4) is 0 Å². The van der Waals surface area contributed by atoms with E-state index >= 15 is 0 Å². The summed E-state index contributed by atoms with van der Waals surface area (Å²) in [5.74, 6) is 0. The van der Waals surface area contributed by atoms with E-state index in [9.17, 15) is 0 Å². The van der Waals surface area contributed by atoms with E-state index in [0.717, 1.165) is 12.0 Å². The SMILES string of the molecule is C=C(C)C1=CC=C(CC)C=CC=CC=CC=C1. The van der Waals surface area contributed by atoms with Crippen molar-refractivity contribution in [2.24, 2.45) is 0 Å². The van der Waals surface area contributed by atoms with Crippen molar-refractivity contribution in [2.45, 2.75) is 20.3 Å². The van der Waals surface area contributed by atoms with E-state index in [2.05, 4.69) is 43.9 Å². The molecule has 1 aliphatic carbocycles. The molecule has 17 heavy (non-hydrogen) atoms. The normalized spacial score (nSPS) is 15.9. The Labute approximate surface area is 105 Å². The summed E-state index contributed by atoms with van der Waals surface area (Å²) >= 11 is 0. The van der Waals surface area contributed by atoms with Gasteiger partial charge in [-0.05, 0) is 24.5 Å². The third-order valence-corrected chi connectivity index (χ3v) is 2.52. The van der Waals surface area contributed by atoms with Gasteiger partial charge in [-0.1, -0.05) is 79.8 Å². The molecule has 1 rings (SSSR count). The minimum Gasteiger partial charge on any atom is -0.0955 e. The predicted octanol–water partition coefficient (Wildman–Crippen LogP) is 5.06. The predicted molar refractivity (Wildman–Crippen MR) is 77.8 cm³/mol. The van der Waals surface area contributed by atoms with Gasteiger partial charge in [0.25, 0.3) is 0 Å². The Morgan fingerprint density at radius 2 is 1.53 bits per heavy atom. The molecule has 0 bridgehead atoms. The number of hydrogen-bond donors (Lipinski definition) is 0. The third kappa shape index (κ3) is 5.17. The van der Waals surface area contributed by atoms with Crippen LogP contribution in [-0.4, -0.2) is 0 Å². The molecule has 0 spiro atoms. The first-order chi connectivity index (χ1) is 8.24. The van der Waals surface area contributed by atoms with Crippen LogP contribution in [0.25, 0.3) is 0 Å². The van der Waals surface area contributed by atoms with Gasteiger partial charge in [-0.2, -0.15) is 0 Å². The second kappa shape index (κ2) is 7.45. The van der Waals surface area contributed by atoms with Crippen LogP contribution in [0.3, 0.4) is 0 Å². The van der Waals surface area contributed by atoms with Gasteiger partial charge < -0.3 is 0 Å². The first kappa shape index (κ1) is 13.2. The van der Waals surface area contributed by atoms with Crippen molar-refractivity contribution in [2.75, 3.05) is 0 Å². The van der Waals surface area contributed by atoms with Gasteiger partial charge in [0.05, 0.1) is 0 Å². The molecule has 0 nitrogen and oxygen atoms in total. The first-order valence-electron chi connectivity index (χ1n) is 5.99.